The van der Waals surface area contributed by atoms with Gasteiger partial charge >= 0.3 is 0 Å². The zero-order valence-corrected chi connectivity index (χ0v) is 19.8. The first kappa shape index (κ1) is 23.8. The molecule has 7 nitrogen and oxygen atoms in total. The summed E-state index contributed by atoms with van der Waals surface area (Å²) in [6, 6.07) is 18.3. The maximum absolute atomic E-state index is 12.8. The molecule has 2 amide bonds. The van der Waals surface area contributed by atoms with Crippen LogP contribution in [0.15, 0.2) is 71.6 Å². The van der Waals surface area contributed by atoms with Crippen molar-refractivity contribution < 1.29 is 19.2 Å². The molecule has 0 N–H and O–H groups in total. The third kappa shape index (κ3) is 5.41. The minimum absolute atomic E-state index is 0.137. The molecule has 3 aromatic carbocycles. The van der Waals surface area contributed by atoms with Gasteiger partial charge in [-0.15, -0.1) is 0 Å². The van der Waals surface area contributed by atoms with E-state index in [1.54, 1.807) is 48.5 Å². The van der Waals surface area contributed by atoms with E-state index in [9.17, 15) is 19.7 Å². The molecule has 172 valence electrons. The predicted octanol–water partition coefficient (Wildman–Crippen LogP) is 6.72. The second-order valence-electron chi connectivity index (χ2n) is 7.26. The highest BCUT2D eigenvalue weighted by atomic mass is 35.5. The van der Waals surface area contributed by atoms with E-state index in [1.807, 2.05) is 6.07 Å². The smallest absolute Gasteiger partial charge is 0.293 e. The summed E-state index contributed by atoms with van der Waals surface area (Å²) < 4.78 is 5.75. The number of carbonyl (C=O) groups is 2. The van der Waals surface area contributed by atoms with Crippen LogP contribution in [-0.4, -0.2) is 21.0 Å². The van der Waals surface area contributed by atoms with Gasteiger partial charge in [0.05, 0.1) is 26.4 Å². The molecule has 1 heterocycles. The van der Waals surface area contributed by atoms with Gasteiger partial charge < -0.3 is 4.74 Å². The first-order valence-electron chi connectivity index (χ1n) is 9.96. The van der Waals surface area contributed by atoms with E-state index >= 15 is 0 Å². The van der Waals surface area contributed by atoms with Crippen LogP contribution in [0.25, 0.3) is 6.08 Å². The highest BCUT2D eigenvalue weighted by Gasteiger charge is 2.36. The molecule has 0 aromatic heterocycles. The summed E-state index contributed by atoms with van der Waals surface area (Å²) in [4.78, 5) is 37.1. The number of nitrogens with zero attached hydrogens (tertiary/aromatic N) is 2. The SMILES string of the molecule is O=C1S/C(=C\c2ccc(OCc3ccc(Cl)c(Cl)c3)cc2)C(=O)N1Cc1ccccc1[N+](=O)[O-]. The molecular weight excluding hydrogens is 499 g/mol. The Hall–Kier alpha value is -3.33. The molecule has 0 saturated carbocycles. The number of halogens is 2. The van der Waals surface area contributed by atoms with Gasteiger partial charge in [-0.1, -0.05) is 59.6 Å². The number of amides is 2. The Bertz CT molecular complexity index is 1310. The van der Waals surface area contributed by atoms with Crippen LogP contribution in [0.2, 0.25) is 10.0 Å². The average Bonchev–Trinajstić information content (AvgIpc) is 3.08. The Labute approximate surface area is 209 Å². The summed E-state index contributed by atoms with van der Waals surface area (Å²) in [6.45, 7) is 0.140. The lowest BCUT2D eigenvalue weighted by Gasteiger charge is -2.12. The Morgan fingerprint density at radius 3 is 2.44 bits per heavy atom. The standard InChI is InChI=1S/C24H16Cl2N2O5S/c25-19-10-7-16(11-20(19)26)14-33-18-8-5-15(6-9-18)12-22-23(29)27(24(30)34-22)13-17-3-1-2-4-21(17)28(31)32/h1-12H,13-14H2/b22-12-. The zero-order chi connectivity index (χ0) is 24.2. The van der Waals surface area contributed by atoms with E-state index < -0.39 is 16.1 Å². The minimum Gasteiger partial charge on any atom is -0.489 e. The van der Waals surface area contributed by atoms with E-state index in [0.29, 0.717) is 33.5 Å². The van der Waals surface area contributed by atoms with Crippen molar-refractivity contribution in [2.75, 3.05) is 0 Å². The van der Waals surface area contributed by atoms with Gasteiger partial charge in [0.15, 0.2) is 0 Å². The number of ether oxygens (including phenoxy) is 1. The second kappa shape index (κ2) is 10.3. The first-order valence-corrected chi connectivity index (χ1v) is 11.5. The van der Waals surface area contributed by atoms with Gasteiger partial charge in [-0.05, 0) is 53.2 Å². The Balaban J connectivity index is 1.43. The highest BCUT2D eigenvalue weighted by molar-refractivity contribution is 8.18. The molecule has 1 aliphatic rings. The number of nitro benzene ring substituents is 1. The van der Waals surface area contributed by atoms with Gasteiger partial charge in [-0.2, -0.15) is 0 Å². The van der Waals surface area contributed by atoms with E-state index in [0.717, 1.165) is 22.2 Å². The van der Waals surface area contributed by atoms with E-state index in [2.05, 4.69) is 0 Å². The Kier molecular flexibility index (Phi) is 7.21. The van der Waals surface area contributed by atoms with Crippen LogP contribution >= 0.6 is 35.0 Å². The molecular formula is C24H16Cl2N2O5S. The van der Waals surface area contributed by atoms with Crippen LogP contribution in [-0.2, 0) is 17.9 Å². The highest BCUT2D eigenvalue weighted by Crippen LogP contribution is 2.34. The lowest BCUT2D eigenvalue weighted by Crippen LogP contribution is -2.27. The number of thioether (sulfide) groups is 1. The van der Waals surface area contributed by atoms with Crippen LogP contribution in [0.1, 0.15) is 16.7 Å². The second-order valence-corrected chi connectivity index (χ2v) is 9.07. The molecule has 0 unspecified atom stereocenters. The van der Waals surface area contributed by atoms with Crippen molar-refractivity contribution in [2.45, 2.75) is 13.2 Å². The van der Waals surface area contributed by atoms with Gasteiger partial charge in [0.2, 0.25) is 0 Å². The zero-order valence-electron chi connectivity index (χ0n) is 17.4. The quantitative estimate of drug-likeness (QED) is 0.197. The topological polar surface area (TPSA) is 89.8 Å². The van der Waals surface area contributed by atoms with Crippen LogP contribution in [0.3, 0.4) is 0 Å². The predicted molar refractivity (Wildman–Crippen MR) is 132 cm³/mol. The van der Waals surface area contributed by atoms with Crippen molar-refractivity contribution in [3.63, 3.8) is 0 Å². The fourth-order valence-electron chi connectivity index (χ4n) is 3.24. The largest absolute Gasteiger partial charge is 0.489 e. The number of para-hydroxylation sites is 1. The monoisotopic (exact) mass is 514 g/mol. The Morgan fingerprint density at radius 1 is 1.00 bits per heavy atom. The molecule has 0 spiro atoms. The van der Waals surface area contributed by atoms with E-state index in [-0.39, 0.29) is 17.1 Å². The van der Waals surface area contributed by atoms with Gasteiger partial charge in [-0.25, -0.2) is 0 Å². The molecule has 0 bridgehead atoms. The third-order valence-corrected chi connectivity index (χ3v) is 6.60. The maximum Gasteiger partial charge on any atom is 0.293 e. The number of hydrogen-bond acceptors (Lipinski definition) is 6. The molecule has 0 aliphatic carbocycles. The molecule has 1 saturated heterocycles. The van der Waals surface area contributed by atoms with Crippen molar-refractivity contribution in [3.8, 4) is 5.75 Å². The molecule has 1 aliphatic heterocycles. The number of benzene rings is 3. The fraction of sp³-hybridized carbons (Fsp3) is 0.0833. The van der Waals surface area contributed by atoms with Gasteiger partial charge in [0.1, 0.15) is 12.4 Å². The van der Waals surface area contributed by atoms with Crippen molar-refractivity contribution >= 4 is 57.9 Å². The molecule has 4 rings (SSSR count). The lowest BCUT2D eigenvalue weighted by molar-refractivity contribution is -0.385. The van der Waals surface area contributed by atoms with Gasteiger partial charge in [0.25, 0.3) is 16.8 Å². The number of hydrogen-bond donors (Lipinski definition) is 0. The van der Waals surface area contributed by atoms with Crippen molar-refractivity contribution in [3.05, 3.63) is 108 Å². The third-order valence-electron chi connectivity index (χ3n) is 4.96. The van der Waals surface area contributed by atoms with Gasteiger partial charge in [0, 0.05) is 11.6 Å². The molecule has 0 radical (unpaired) electrons. The first-order chi connectivity index (χ1) is 16.3. The summed E-state index contributed by atoms with van der Waals surface area (Å²) in [5, 5.41) is 11.7. The van der Waals surface area contributed by atoms with Crippen molar-refractivity contribution in [1.82, 2.24) is 4.90 Å². The molecule has 0 atom stereocenters. The van der Waals surface area contributed by atoms with Gasteiger partial charge in [-0.3, -0.25) is 24.6 Å². The normalized spacial score (nSPS) is 14.6. The van der Waals surface area contributed by atoms with Crippen LogP contribution < -0.4 is 4.74 Å². The van der Waals surface area contributed by atoms with E-state index in [4.69, 9.17) is 27.9 Å². The number of rotatable bonds is 7. The lowest BCUT2D eigenvalue weighted by atomic mass is 10.1. The summed E-state index contributed by atoms with van der Waals surface area (Å²) in [7, 11) is 0. The van der Waals surface area contributed by atoms with Crippen LogP contribution in [0, 0.1) is 10.1 Å². The number of imide groups is 1. The van der Waals surface area contributed by atoms with E-state index in [1.165, 1.54) is 18.2 Å². The number of carbonyl (C=O) groups excluding carboxylic acids is 2. The Morgan fingerprint density at radius 2 is 1.74 bits per heavy atom. The van der Waals surface area contributed by atoms with Crippen LogP contribution in [0.5, 0.6) is 5.75 Å². The molecule has 3 aromatic rings. The summed E-state index contributed by atoms with van der Waals surface area (Å²) in [6.07, 6.45) is 1.60. The minimum atomic E-state index is -0.532. The average molecular weight is 515 g/mol. The van der Waals surface area contributed by atoms with Crippen LogP contribution in [0.4, 0.5) is 10.5 Å². The maximum atomic E-state index is 12.8. The number of nitro groups is 1. The summed E-state index contributed by atoms with van der Waals surface area (Å²) >= 11 is 12.7. The van der Waals surface area contributed by atoms with Crippen molar-refractivity contribution in [2.24, 2.45) is 0 Å². The molecule has 1 fully saturated rings. The summed E-state index contributed by atoms with van der Waals surface area (Å²) in [5.41, 5.74) is 1.73. The summed E-state index contributed by atoms with van der Waals surface area (Å²) in [5.74, 6) is 0.126. The fourth-order valence-corrected chi connectivity index (χ4v) is 4.40. The molecule has 10 heteroatoms. The van der Waals surface area contributed by atoms with Crippen molar-refractivity contribution in [1.29, 1.82) is 0 Å². The molecule has 34 heavy (non-hydrogen) atoms.